The molecular formula is C13H12BrN5. The van der Waals surface area contributed by atoms with Crippen molar-refractivity contribution in [2.75, 3.05) is 5.73 Å². The van der Waals surface area contributed by atoms with E-state index in [-0.39, 0.29) is 0 Å². The molecule has 0 amide bonds. The lowest BCUT2D eigenvalue weighted by molar-refractivity contribution is 1.02. The highest BCUT2D eigenvalue weighted by atomic mass is 79.9. The molecule has 0 unspecified atom stereocenters. The SMILES string of the molecule is Cc1cc(C)n2c(-c3cc(Br)ccc3N)nnc2n1. The van der Waals surface area contributed by atoms with Gasteiger partial charge in [0.15, 0.2) is 5.82 Å². The molecule has 0 spiro atoms. The highest BCUT2D eigenvalue weighted by molar-refractivity contribution is 9.10. The fourth-order valence-corrected chi connectivity index (χ4v) is 2.49. The summed E-state index contributed by atoms with van der Waals surface area (Å²) in [6.07, 6.45) is 0. The predicted molar refractivity (Wildman–Crippen MR) is 77.8 cm³/mol. The molecule has 0 bridgehead atoms. The lowest BCUT2D eigenvalue weighted by Gasteiger charge is -2.07. The van der Waals surface area contributed by atoms with Crippen molar-refractivity contribution in [2.45, 2.75) is 13.8 Å². The molecule has 2 heterocycles. The molecule has 0 fully saturated rings. The molecule has 0 saturated heterocycles. The quantitative estimate of drug-likeness (QED) is 0.701. The van der Waals surface area contributed by atoms with Gasteiger partial charge < -0.3 is 5.73 Å². The largest absolute Gasteiger partial charge is 0.398 e. The van der Waals surface area contributed by atoms with E-state index in [4.69, 9.17) is 5.73 Å². The number of anilines is 1. The molecule has 2 N–H and O–H groups in total. The number of nitrogens with zero attached hydrogens (tertiary/aromatic N) is 4. The Hall–Kier alpha value is -1.95. The summed E-state index contributed by atoms with van der Waals surface area (Å²) >= 11 is 3.45. The van der Waals surface area contributed by atoms with Crippen molar-refractivity contribution >= 4 is 27.4 Å². The molecule has 0 atom stereocenters. The summed E-state index contributed by atoms with van der Waals surface area (Å²) in [5.74, 6) is 1.30. The van der Waals surface area contributed by atoms with Crippen molar-refractivity contribution in [2.24, 2.45) is 0 Å². The van der Waals surface area contributed by atoms with E-state index in [2.05, 4.69) is 31.1 Å². The Morgan fingerprint density at radius 1 is 1.16 bits per heavy atom. The number of rotatable bonds is 1. The Balaban J connectivity index is 2.34. The van der Waals surface area contributed by atoms with Crippen LogP contribution in [0.4, 0.5) is 5.69 Å². The number of nitrogen functional groups attached to an aromatic ring is 1. The van der Waals surface area contributed by atoms with Crippen LogP contribution in [0.25, 0.3) is 17.2 Å². The van der Waals surface area contributed by atoms with Crippen molar-refractivity contribution in [1.29, 1.82) is 0 Å². The van der Waals surface area contributed by atoms with Crippen LogP contribution in [0, 0.1) is 13.8 Å². The minimum absolute atomic E-state index is 0.590. The zero-order chi connectivity index (χ0) is 13.6. The van der Waals surface area contributed by atoms with Gasteiger partial charge in [-0.25, -0.2) is 4.98 Å². The van der Waals surface area contributed by atoms with Gasteiger partial charge in [-0.05, 0) is 38.1 Å². The van der Waals surface area contributed by atoms with E-state index in [1.54, 1.807) is 0 Å². The van der Waals surface area contributed by atoms with E-state index in [1.807, 2.05) is 42.5 Å². The Labute approximate surface area is 118 Å². The van der Waals surface area contributed by atoms with Crippen LogP contribution in [-0.2, 0) is 0 Å². The van der Waals surface area contributed by atoms with E-state index >= 15 is 0 Å². The van der Waals surface area contributed by atoms with Gasteiger partial charge in [-0.3, -0.25) is 4.40 Å². The fraction of sp³-hybridized carbons (Fsp3) is 0.154. The highest BCUT2D eigenvalue weighted by Crippen LogP contribution is 2.28. The van der Waals surface area contributed by atoms with Crippen LogP contribution in [0.3, 0.4) is 0 Å². The molecule has 3 rings (SSSR count). The molecular weight excluding hydrogens is 306 g/mol. The maximum absolute atomic E-state index is 6.03. The van der Waals surface area contributed by atoms with Gasteiger partial charge in [-0.1, -0.05) is 15.9 Å². The number of hydrogen-bond donors (Lipinski definition) is 1. The second kappa shape index (κ2) is 4.31. The van der Waals surface area contributed by atoms with Crippen molar-refractivity contribution in [3.63, 3.8) is 0 Å². The van der Waals surface area contributed by atoms with Gasteiger partial charge in [0, 0.05) is 27.1 Å². The zero-order valence-corrected chi connectivity index (χ0v) is 12.1. The number of benzene rings is 1. The summed E-state index contributed by atoms with van der Waals surface area (Å²) in [7, 11) is 0. The number of fused-ring (bicyclic) bond motifs is 1. The topological polar surface area (TPSA) is 69.1 Å². The molecule has 2 aromatic heterocycles. The van der Waals surface area contributed by atoms with Gasteiger partial charge in [0.05, 0.1) is 0 Å². The number of aryl methyl sites for hydroxylation is 2. The van der Waals surface area contributed by atoms with Gasteiger partial charge in [-0.2, -0.15) is 0 Å². The standard InChI is InChI=1S/C13H12BrN5/c1-7-5-8(2)19-12(17-18-13(19)16-7)10-6-9(14)3-4-11(10)15/h3-6H,15H2,1-2H3. The molecule has 0 saturated carbocycles. The minimum atomic E-state index is 0.590. The van der Waals surface area contributed by atoms with E-state index < -0.39 is 0 Å². The van der Waals surface area contributed by atoms with Gasteiger partial charge in [0.1, 0.15) is 0 Å². The summed E-state index contributed by atoms with van der Waals surface area (Å²) in [5, 5.41) is 8.34. The van der Waals surface area contributed by atoms with Crippen molar-refractivity contribution in [1.82, 2.24) is 19.6 Å². The van der Waals surface area contributed by atoms with Crippen LogP contribution in [0.2, 0.25) is 0 Å². The minimum Gasteiger partial charge on any atom is -0.398 e. The smallest absolute Gasteiger partial charge is 0.255 e. The molecule has 19 heavy (non-hydrogen) atoms. The van der Waals surface area contributed by atoms with Crippen molar-refractivity contribution in [3.05, 3.63) is 40.1 Å². The molecule has 0 aliphatic carbocycles. The van der Waals surface area contributed by atoms with Crippen LogP contribution in [0.15, 0.2) is 28.7 Å². The third-order valence-electron chi connectivity index (χ3n) is 2.95. The average molecular weight is 318 g/mol. The van der Waals surface area contributed by atoms with Gasteiger partial charge in [-0.15, -0.1) is 10.2 Å². The summed E-state index contributed by atoms with van der Waals surface area (Å²) in [6, 6.07) is 7.67. The number of halogens is 1. The van der Waals surface area contributed by atoms with E-state index in [0.717, 1.165) is 21.4 Å². The first-order valence-corrected chi connectivity index (χ1v) is 6.60. The van der Waals surface area contributed by atoms with Crippen molar-refractivity contribution < 1.29 is 0 Å². The second-order valence-electron chi connectivity index (χ2n) is 4.43. The maximum Gasteiger partial charge on any atom is 0.255 e. The molecule has 96 valence electrons. The molecule has 5 nitrogen and oxygen atoms in total. The van der Waals surface area contributed by atoms with Crippen LogP contribution in [0.5, 0.6) is 0 Å². The second-order valence-corrected chi connectivity index (χ2v) is 5.35. The van der Waals surface area contributed by atoms with E-state index in [1.165, 1.54) is 0 Å². The Bertz CT molecular complexity index is 778. The first kappa shape index (κ1) is 12.1. The maximum atomic E-state index is 6.03. The van der Waals surface area contributed by atoms with E-state index in [9.17, 15) is 0 Å². The Morgan fingerprint density at radius 2 is 1.95 bits per heavy atom. The third kappa shape index (κ3) is 1.98. The first-order chi connectivity index (χ1) is 9.06. The third-order valence-corrected chi connectivity index (χ3v) is 3.44. The van der Waals surface area contributed by atoms with Crippen LogP contribution in [-0.4, -0.2) is 19.6 Å². The lowest BCUT2D eigenvalue weighted by atomic mass is 10.1. The highest BCUT2D eigenvalue weighted by Gasteiger charge is 2.14. The Morgan fingerprint density at radius 3 is 2.74 bits per heavy atom. The number of aromatic nitrogens is 4. The monoisotopic (exact) mass is 317 g/mol. The van der Waals surface area contributed by atoms with Gasteiger partial charge >= 0.3 is 0 Å². The van der Waals surface area contributed by atoms with Crippen LogP contribution in [0.1, 0.15) is 11.4 Å². The molecule has 0 radical (unpaired) electrons. The Kier molecular flexibility index (Phi) is 2.74. The molecule has 3 aromatic rings. The lowest BCUT2D eigenvalue weighted by Crippen LogP contribution is -2.00. The normalized spacial score (nSPS) is 11.1. The van der Waals surface area contributed by atoms with Gasteiger partial charge in [0.2, 0.25) is 0 Å². The van der Waals surface area contributed by atoms with E-state index in [0.29, 0.717) is 17.3 Å². The summed E-state index contributed by atoms with van der Waals surface area (Å²) in [4.78, 5) is 4.37. The average Bonchev–Trinajstić information content (AvgIpc) is 2.76. The zero-order valence-electron chi connectivity index (χ0n) is 10.6. The van der Waals surface area contributed by atoms with Crippen LogP contribution >= 0.6 is 15.9 Å². The summed E-state index contributed by atoms with van der Waals surface area (Å²) in [5.41, 5.74) is 9.49. The molecule has 6 heteroatoms. The summed E-state index contributed by atoms with van der Waals surface area (Å²) < 4.78 is 2.86. The number of hydrogen-bond acceptors (Lipinski definition) is 4. The van der Waals surface area contributed by atoms with Crippen LogP contribution < -0.4 is 5.73 Å². The predicted octanol–water partition coefficient (Wildman–Crippen LogP) is 2.75. The van der Waals surface area contributed by atoms with Crippen molar-refractivity contribution in [3.8, 4) is 11.4 Å². The summed E-state index contributed by atoms with van der Waals surface area (Å²) in [6.45, 7) is 3.94. The van der Waals surface area contributed by atoms with Gasteiger partial charge in [0.25, 0.3) is 5.78 Å². The molecule has 0 aliphatic heterocycles. The fourth-order valence-electron chi connectivity index (χ4n) is 2.13. The molecule has 0 aliphatic rings. The molecule has 1 aromatic carbocycles. The first-order valence-electron chi connectivity index (χ1n) is 5.81. The number of nitrogens with two attached hydrogens (primary N) is 1.